The average molecular weight is 2250 g/mol. The van der Waals surface area contributed by atoms with Crippen molar-refractivity contribution >= 4 is 116 Å². The first-order chi connectivity index (χ1) is 60.2. The maximum atomic E-state index is 10.0. The standard InChI is InChI=1S/C33H23N2O2.C31H27N2O2.C29H23N2O2.3C5H8O2.3Ir/c1-19-6-4-7-20(2)31(19)23-13-11-22(12-14-23)29-16-24-18-34-28(17-30(24)36-29)27-9-5-8-25-26-15-10-21(3)35-33(26)37-32(25)27;1-17(2)20-11-21(18(3)4)13-22(12-20)28-14-23-16-32-27(15-29(23)34-28)26-8-6-7-24-25-10-9-19(5)33-31(25)35-30(24)26;1-17-8-13-22-21-6-5-7-23(27(21)33-28(22)31-17)24-15-26-19(16-30-24)14-25(32-26)18-9-11-20(12-10-18)29(2,3)4;3*1-4(6)3-5(2)7;;;/h4-8,10-18H,1-3H3;6-7,9-18H,1-5H3;5-6,8-16H,1-4H3;3*3,6H,1-2H3;;;/q3*-1;;;;;;. The molecule has 0 amide bonds. The summed E-state index contributed by atoms with van der Waals surface area (Å²) in [4.78, 5) is 57.9. The maximum absolute atomic E-state index is 10.0. The van der Waals surface area contributed by atoms with Gasteiger partial charge < -0.3 is 56.8 Å². The van der Waals surface area contributed by atoms with Crippen molar-refractivity contribution in [2.24, 2.45) is 0 Å². The van der Waals surface area contributed by atoms with Gasteiger partial charge in [0.25, 0.3) is 0 Å². The van der Waals surface area contributed by atoms with Gasteiger partial charge in [-0.1, -0.05) is 154 Å². The number of carbonyl (C=O) groups excluding carboxylic acids is 3. The van der Waals surface area contributed by atoms with E-state index in [1.54, 1.807) is 0 Å². The molecule has 0 bridgehead atoms. The van der Waals surface area contributed by atoms with E-state index in [2.05, 4.69) is 199 Å². The predicted octanol–water partition coefficient (Wildman–Crippen LogP) is 28.6. The number of aryl methyl sites for hydroxylation is 5. The number of aliphatic hydroxyl groups excluding tert-OH is 3. The minimum absolute atomic E-state index is 0. The van der Waals surface area contributed by atoms with Crippen LogP contribution in [0.25, 0.3) is 178 Å². The third-order valence-electron chi connectivity index (χ3n) is 21.1. The number of hydrogen-bond donors (Lipinski definition) is 3. The summed E-state index contributed by atoms with van der Waals surface area (Å²) in [5.41, 5.74) is 26.2. The van der Waals surface area contributed by atoms with E-state index in [9.17, 15) is 14.4 Å². The van der Waals surface area contributed by atoms with Gasteiger partial charge in [-0.25, -0.2) is 15.0 Å². The molecule has 661 valence electrons. The smallest absolute Gasteiger partial charge is 0.216 e. The number of ketones is 3. The summed E-state index contributed by atoms with van der Waals surface area (Å²) in [5, 5.41) is 34.0. The molecular formula is C108H97Ir3N6O12-3. The van der Waals surface area contributed by atoms with Gasteiger partial charge in [0.1, 0.15) is 34.0 Å². The Labute approximate surface area is 788 Å². The van der Waals surface area contributed by atoms with E-state index in [1.807, 2.05) is 130 Å². The summed E-state index contributed by atoms with van der Waals surface area (Å²) in [7, 11) is 0. The number of rotatable bonds is 12. The Hall–Kier alpha value is -13.0. The third-order valence-corrected chi connectivity index (χ3v) is 21.1. The molecule has 0 saturated carbocycles. The fraction of sp³-hybridized carbons (Fsp3) is 0.194. The van der Waals surface area contributed by atoms with Gasteiger partial charge in [-0.05, 0) is 234 Å². The second kappa shape index (κ2) is 41.4. The monoisotopic (exact) mass is 2250 g/mol. The largest absolute Gasteiger partial charge is 0.512 e. The summed E-state index contributed by atoms with van der Waals surface area (Å²) in [6.07, 6.45) is 9.06. The number of nitrogens with zero attached hydrogens (tertiary/aromatic N) is 6. The zero-order valence-electron chi connectivity index (χ0n) is 74.8. The molecule has 3 N–H and O–H groups in total. The summed E-state index contributed by atoms with van der Waals surface area (Å²) in [5.74, 6) is 3.20. The predicted molar refractivity (Wildman–Crippen MR) is 504 cm³/mol. The molecule has 0 saturated heterocycles. The van der Waals surface area contributed by atoms with Crippen molar-refractivity contribution in [1.82, 2.24) is 29.9 Å². The van der Waals surface area contributed by atoms with E-state index in [1.165, 1.54) is 98.7 Å². The quantitative estimate of drug-likeness (QED) is 0.0583. The molecule has 0 unspecified atom stereocenters. The Morgan fingerprint density at radius 2 is 0.674 bits per heavy atom. The van der Waals surface area contributed by atoms with Gasteiger partial charge in [0.15, 0.2) is 17.3 Å². The van der Waals surface area contributed by atoms with Crippen molar-refractivity contribution in [3.63, 3.8) is 0 Å². The van der Waals surface area contributed by atoms with Crippen LogP contribution >= 0.6 is 0 Å². The van der Waals surface area contributed by atoms with E-state index in [-0.39, 0.29) is 100 Å². The van der Waals surface area contributed by atoms with Crippen LogP contribution in [-0.4, -0.2) is 62.6 Å². The van der Waals surface area contributed by atoms with Crippen molar-refractivity contribution in [2.75, 3.05) is 0 Å². The first-order valence-electron chi connectivity index (χ1n) is 41.6. The minimum Gasteiger partial charge on any atom is -0.512 e. The number of aliphatic hydroxyl groups is 3. The number of hydrogen-bond acceptors (Lipinski definition) is 18. The van der Waals surface area contributed by atoms with Gasteiger partial charge in [0, 0.05) is 163 Å². The summed E-state index contributed by atoms with van der Waals surface area (Å²) >= 11 is 0. The molecule has 0 spiro atoms. The van der Waals surface area contributed by atoms with Crippen LogP contribution in [0.3, 0.4) is 0 Å². The second-order valence-electron chi connectivity index (χ2n) is 33.2. The molecule has 0 fully saturated rings. The van der Waals surface area contributed by atoms with E-state index in [0.717, 1.165) is 167 Å². The average Bonchev–Trinajstić information content (AvgIpc) is 1.62. The molecule has 7 aromatic carbocycles. The van der Waals surface area contributed by atoms with Crippen LogP contribution in [0, 0.1) is 52.8 Å². The van der Waals surface area contributed by atoms with Crippen LogP contribution in [-0.2, 0) is 80.1 Å². The molecule has 12 heterocycles. The van der Waals surface area contributed by atoms with E-state index in [4.69, 9.17) is 56.8 Å². The number of fused-ring (bicyclic) bond motifs is 12. The number of allylic oxidation sites excluding steroid dienone is 6. The van der Waals surface area contributed by atoms with Crippen LogP contribution in [0.2, 0.25) is 0 Å². The number of carbonyl (C=O) groups is 3. The third kappa shape index (κ3) is 22.6. The molecule has 18 nitrogen and oxygen atoms in total. The van der Waals surface area contributed by atoms with Crippen molar-refractivity contribution in [1.29, 1.82) is 0 Å². The van der Waals surface area contributed by atoms with Gasteiger partial charge in [0.2, 0.25) is 17.1 Å². The van der Waals surface area contributed by atoms with Gasteiger partial charge in [0.05, 0.1) is 34.0 Å². The van der Waals surface area contributed by atoms with Crippen molar-refractivity contribution in [3.8, 4) is 78.9 Å². The van der Waals surface area contributed by atoms with Crippen LogP contribution in [0.1, 0.15) is 147 Å². The number of furan rings is 6. The zero-order valence-corrected chi connectivity index (χ0v) is 82.0. The Bertz CT molecular complexity index is 7330. The maximum Gasteiger partial charge on any atom is 0.216 e. The molecule has 129 heavy (non-hydrogen) atoms. The van der Waals surface area contributed by atoms with Crippen molar-refractivity contribution in [3.05, 3.63) is 311 Å². The van der Waals surface area contributed by atoms with Crippen LogP contribution in [0.4, 0.5) is 0 Å². The van der Waals surface area contributed by atoms with E-state index >= 15 is 0 Å². The van der Waals surface area contributed by atoms with Gasteiger partial charge >= 0.3 is 0 Å². The van der Waals surface area contributed by atoms with Crippen molar-refractivity contribution in [2.45, 2.75) is 142 Å². The van der Waals surface area contributed by atoms with Crippen molar-refractivity contribution < 1.29 is 117 Å². The Morgan fingerprint density at radius 1 is 0.364 bits per heavy atom. The molecular weight excluding hydrogens is 2150 g/mol. The SMILES string of the molecule is CC(=O)C=C(C)O.CC(=O)C=C(C)O.CC(=O)C=C(C)O.Cc1ccc2c(n1)oc1c(-c3cc4oc(-c5cc(C(C)C)cc(C(C)C)c5)cc4cn3)[c-]ccc12.Cc1ccc2c(n1)oc1c(-c3cc4oc(-c5ccc(-c6c(C)cccc6C)cc5)cc4cn3)[c-]ccc12.Cc1ccc2c(n1)oc1c(-c3cc4oc(-c5ccc(C(C)(C)C)cc5)cc4cn3)[c-]ccc12.[Ir].[Ir].[Ir]. The summed E-state index contributed by atoms with van der Waals surface area (Å²) in [6.45, 7) is 34.3. The molecule has 19 aromatic rings. The number of benzene rings is 7. The molecule has 0 aliphatic carbocycles. The van der Waals surface area contributed by atoms with Gasteiger partial charge in [-0.15, -0.1) is 54.6 Å². The van der Waals surface area contributed by atoms with Crippen LogP contribution in [0.15, 0.2) is 275 Å². The zero-order chi connectivity index (χ0) is 89.7. The van der Waals surface area contributed by atoms with E-state index in [0.29, 0.717) is 29.0 Å². The van der Waals surface area contributed by atoms with Gasteiger partial charge in [-0.2, -0.15) is 0 Å². The Morgan fingerprint density at radius 3 is 0.969 bits per heavy atom. The Balaban J connectivity index is 0.000000166. The summed E-state index contributed by atoms with van der Waals surface area (Å²) < 4.78 is 37.4. The molecule has 19 rings (SSSR count). The fourth-order valence-corrected chi connectivity index (χ4v) is 14.9. The minimum atomic E-state index is -0.125. The molecule has 21 heteroatoms. The molecule has 3 radical (unpaired) electrons. The van der Waals surface area contributed by atoms with Crippen LogP contribution < -0.4 is 0 Å². The molecule has 0 aliphatic rings. The second-order valence-corrected chi connectivity index (χ2v) is 33.2. The van der Waals surface area contributed by atoms with Gasteiger partial charge in [-0.3, -0.25) is 14.4 Å². The summed E-state index contributed by atoms with van der Waals surface area (Å²) in [6, 6.07) is 76.2. The fourth-order valence-electron chi connectivity index (χ4n) is 14.9. The molecule has 0 aliphatic heterocycles. The number of pyridine rings is 6. The Kier molecular flexibility index (Phi) is 31.0. The van der Waals surface area contributed by atoms with Crippen LogP contribution in [0.5, 0.6) is 0 Å². The number of aromatic nitrogens is 6. The molecule has 0 atom stereocenters. The normalized spacial score (nSPS) is 11.6. The first kappa shape index (κ1) is 96.7. The molecule has 12 aromatic heterocycles. The first-order valence-corrected chi connectivity index (χ1v) is 41.6. The van der Waals surface area contributed by atoms with E-state index < -0.39 is 0 Å². The topological polar surface area (TPSA) is 268 Å².